The molecule has 19 heavy (non-hydrogen) atoms. The van der Waals surface area contributed by atoms with Crippen molar-refractivity contribution in [1.29, 1.82) is 0 Å². The fraction of sp³-hybridized carbons (Fsp3) is 0.400. The van der Waals surface area contributed by atoms with E-state index >= 15 is 0 Å². The molecule has 0 aliphatic carbocycles. The zero-order chi connectivity index (χ0) is 13.9. The minimum Gasteiger partial charge on any atom is -0.338 e. The Bertz CT molecular complexity index is 647. The summed E-state index contributed by atoms with van der Waals surface area (Å²) in [5, 5.41) is 3.59. The second-order valence-corrected chi connectivity index (χ2v) is 6.98. The maximum absolute atomic E-state index is 12.0. The Morgan fingerprint density at radius 1 is 1.47 bits per heavy atom. The van der Waals surface area contributed by atoms with Crippen LogP contribution in [0.1, 0.15) is 16.6 Å². The van der Waals surface area contributed by atoms with Crippen LogP contribution in [0.3, 0.4) is 0 Å². The molecule has 104 valence electrons. The first-order valence-electron chi connectivity index (χ1n) is 5.59. The zero-order valence-corrected chi connectivity index (χ0v) is 11.9. The molecular formula is C10H14N4O3S2. The maximum atomic E-state index is 12.0. The molecule has 0 unspecified atom stereocenters. The van der Waals surface area contributed by atoms with Crippen LogP contribution in [0.4, 0.5) is 0 Å². The highest BCUT2D eigenvalue weighted by Gasteiger charge is 2.17. The number of thiophene rings is 1. The average Bonchev–Trinajstić information content (AvgIpc) is 2.97. The van der Waals surface area contributed by atoms with Gasteiger partial charge in [0, 0.05) is 4.88 Å². The van der Waals surface area contributed by atoms with Crippen molar-refractivity contribution in [2.24, 2.45) is 5.73 Å². The van der Waals surface area contributed by atoms with Gasteiger partial charge < -0.3 is 10.3 Å². The van der Waals surface area contributed by atoms with Crippen LogP contribution in [0.5, 0.6) is 0 Å². The normalized spacial score (nSPS) is 11.9. The number of aryl methyl sites for hydroxylation is 1. The van der Waals surface area contributed by atoms with Crippen LogP contribution in [-0.4, -0.2) is 25.1 Å². The Balaban J connectivity index is 2.04. The summed E-state index contributed by atoms with van der Waals surface area (Å²) in [6, 6.07) is 3.33. The zero-order valence-electron chi connectivity index (χ0n) is 10.3. The molecule has 0 bridgehead atoms. The van der Waals surface area contributed by atoms with E-state index in [0.29, 0.717) is 18.8 Å². The van der Waals surface area contributed by atoms with E-state index in [-0.39, 0.29) is 16.6 Å². The third kappa shape index (κ3) is 3.60. The number of nitrogens with two attached hydrogens (primary N) is 1. The van der Waals surface area contributed by atoms with Gasteiger partial charge >= 0.3 is 0 Å². The molecular weight excluding hydrogens is 288 g/mol. The first-order valence-corrected chi connectivity index (χ1v) is 7.89. The Hall–Kier alpha value is -1.29. The summed E-state index contributed by atoms with van der Waals surface area (Å²) in [5.41, 5.74) is 5.43. The van der Waals surface area contributed by atoms with Crippen molar-refractivity contribution in [3.05, 3.63) is 28.7 Å². The Kier molecular flexibility index (Phi) is 4.30. The van der Waals surface area contributed by atoms with Crippen molar-refractivity contribution < 1.29 is 12.9 Å². The monoisotopic (exact) mass is 302 g/mol. The molecule has 3 N–H and O–H groups in total. The topological polar surface area (TPSA) is 111 Å². The van der Waals surface area contributed by atoms with Gasteiger partial charge in [-0.2, -0.15) is 4.98 Å². The second-order valence-electron chi connectivity index (χ2n) is 3.82. The highest BCUT2D eigenvalue weighted by atomic mass is 32.2. The molecule has 2 aromatic heterocycles. The summed E-state index contributed by atoms with van der Waals surface area (Å²) in [6.45, 7) is 2.14. The molecule has 0 aliphatic rings. The van der Waals surface area contributed by atoms with Crippen LogP contribution in [0.2, 0.25) is 0 Å². The van der Waals surface area contributed by atoms with Gasteiger partial charge in [0.1, 0.15) is 4.21 Å². The van der Waals surface area contributed by atoms with Gasteiger partial charge in [-0.25, -0.2) is 13.1 Å². The largest absolute Gasteiger partial charge is 0.338 e. The van der Waals surface area contributed by atoms with Crippen LogP contribution in [0, 0.1) is 6.92 Å². The standard InChI is InChI=1S/C10H14N4O3S2/c1-7-13-9(17-14-7)6-12-19(15,16)10-3-2-8(18-10)4-5-11/h2-3,12H,4-6,11H2,1H3. The number of hydrogen-bond acceptors (Lipinski definition) is 7. The van der Waals surface area contributed by atoms with Crippen molar-refractivity contribution >= 4 is 21.4 Å². The van der Waals surface area contributed by atoms with E-state index in [1.807, 2.05) is 0 Å². The van der Waals surface area contributed by atoms with E-state index < -0.39 is 10.0 Å². The van der Waals surface area contributed by atoms with E-state index in [0.717, 1.165) is 4.88 Å². The maximum Gasteiger partial charge on any atom is 0.250 e. The van der Waals surface area contributed by atoms with Gasteiger partial charge in [-0.1, -0.05) is 5.16 Å². The number of nitrogens with zero attached hydrogens (tertiary/aromatic N) is 2. The van der Waals surface area contributed by atoms with Crippen molar-refractivity contribution in [3.8, 4) is 0 Å². The second kappa shape index (κ2) is 5.78. The fourth-order valence-electron chi connectivity index (χ4n) is 1.42. The Morgan fingerprint density at radius 3 is 2.89 bits per heavy atom. The molecule has 7 nitrogen and oxygen atoms in total. The van der Waals surface area contributed by atoms with Gasteiger partial charge in [0.15, 0.2) is 5.82 Å². The first-order chi connectivity index (χ1) is 9.01. The summed E-state index contributed by atoms with van der Waals surface area (Å²) >= 11 is 1.21. The molecule has 9 heteroatoms. The van der Waals surface area contributed by atoms with Crippen LogP contribution < -0.4 is 10.5 Å². The van der Waals surface area contributed by atoms with Gasteiger partial charge in [0.2, 0.25) is 5.89 Å². The number of rotatable bonds is 6. The molecule has 0 saturated heterocycles. The lowest BCUT2D eigenvalue weighted by Gasteiger charge is -2.01. The predicted molar refractivity (Wildman–Crippen MR) is 70.1 cm³/mol. The summed E-state index contributed by atoms with van der Waals surface area (Å²) < 4.78 is 31.5. The smallest absolute Gasteiger partial charge is 0.250 e. The quantitative estimate of drug-likeness (QED) is 0.800. The first kappa shape index (κ1) is 14.1. The molecule has 0 aromatic carbocycles. The minimum atomic E-state index is -3.55. The van der Waals surface area contributed by atoms with Crippen LogP contribution in [0.15, 0.2) is 20.9 Å². The lowest BCUT2D eigenvalue weighted by molar-refractivity contribution is 0.372. The van der Waals surface area contributed by atoms with Crippen molar-refractivity contribution in [2.75, 3.05) is 6.54 Å². The summed E-state index contributed by atoms with van der Waals surface area (Å²) in [6.07, 6.45) is 0.670. The molecule has 0 fully saturated rings. The number of hydrogen-bond donors (Lipinski definition) is 2. The summed E-state index contributed by atoms with van der Waals surface area (Å²) in [5.74, 6) is 0.704. The molecule has 2 heterocycles. The fourth-order valence-corrected chi connectivity index (χ4v) is 3.81. The van der Waals surface area contributed by atoms with Gasteiger partial charge in [0.05, 0.1) is 6.54 Å². The van der Waals surface area contributed by atoms with E-state index in [4.69, 9.17) is 10.3 Å². The molecule has 2 aromatic rings. The van der Waals surface area contributed by atoms with E-state index in [9.17, 15) is 8.42 Å². The number of nitrogens with one attached hydrogen (secondary N) is 1. The molecule has 0 spiro atoms. The lowest BCUT2D eigenvalue weighted by atomic mass is 10.3. The van der Waals surface area contributed by atoms with Crippen molar-refractivity contribution in [2.45, 2.75) is 24.1 Å². The Labute approximate surface area is 114 Å². The molecule has 2 rings (SSSR count). The summed E-state index contributed by atoms with van der Waals surface area (Å²) in [7, 11) is -3.55. The third-order valence-corrected chi connectivity index (χ3v) is 5.31. The molecule has 0 atom stereocenters. The van der Waals surface area contributed by atoms with E-state index in [1.54, 1.807) is 19.1 Å². The van der Waals surface area contributed by atoms with E-state index in [2.05, 4.69) is 14.9 Å². The number of sulfonamides is 1. The Morgan fingerprint density at radius 2 is 2.26 bits per heavy atom. The molecule has 0 saturated carbocycles. The lowest BCUT2D eigenvalue weighted by Crippen LogP contribution is -2.22. The highest BCUT2D eigenvalue weighted by molar-refractivity contribution is 7.91. The molecule has 0 radical (unpaired) electrons. The SMILES string of the molecule is Cc1noc(CNS(=O)(=O)c2ccc(CCN)s2)n1. The third-order valence-electron chi connectivity index (χ3n) is 2.28. The van der Waals surface area contributed by atoms with Gasteiger partial charge in [-0.15, -0.1) is 11.3 Å². The van der Waals surface area contributed by atoms with Crippen LogP contribution in [-0.2, 0) is 23.0 Å². The van der Waals surface area contributed by atoms with Gasteiger partial charge in [-0.05, 0) is 32.0 Å². The molecule has 0 aliphatic heterocycles. The van der Waals surface area contributed by atoms with Crippen LogP contribution in [0.25, 0.3) is 0 Å². The van der Waals surface area contributed by atoms with Crippen LogP contribution >= 0.6 is 11.3 Å². The number of aromatic nitrogens is 2. The van der Waals surface area contributed by atoms with Gasteiger partial charge in [0.25, 0.3) is 10.0 Å². The highest BCUT2D eigenvalue weighted by Crippen LogP contribution is 2.21. The summed E-state index contributed by atoms with van der Waals surface area (Å²) in [4.78, 5) is 4.87. The van der Waals surface area contributed by atoms with Gasteiger partial charge in [-0.3, -0.25) is 0 Å². The van der Waals surface area contributed by atoms with E-state index in [1.165, 1.54) is 11.3 Å². The predicted octanol–water partition coefficient (Wildman–Crippen LogP) is 0.419. The minimum absolute atomic E-state index is 0.0205. The van der Waals surface area contributed by atoms with Crippen molar-refractivity contribution in [1.82, 2.24) is 14.9 Å². The molecule has 0 amide bonds. The van der Waals surface area contributed by atoms with Crippen molar-refractivity contribution in [3.63, 3.8) is 0 Å². The average molecular weight is 302 g/mol.